The molecule has 1 amide bonds. The van der Waals surface area contributed by atoms with E-state index in [1.54, 1.807) is 55.6 Å². The van der Waals surface area contributed by atoms with Crippen LogP contribution >= 0.6 is 11.3 Å². The van der Waals surface area contributed by atoms with Crippen LogP contribution in [-0.4, -0.2) is 42.6 Å². The molecule has 0 bridgehead atoms. The van der Waals surface area contributed by atoms with Crippen LogP contribution < -0.4 is 19.1 Å². The van der Waals surface area contributed by atoms with Crippen molar-refractivity contribution in [3.8, 4) is 17.2 Å². The number of carbonyl (C=O) groups excluding carboxylic acids is 2. The maximum Gasteiger partial charge on any atom is 0.301 e. The average molecular weight is 517 g/mol. The predicted molar refractivity (Wildman–Crippen MR) is 142 cm³/mol. The van der Waals surface area contributed by atoms with E-state index in [4.69, 9.17) is 14.2 Å². The molecule has 0 unspecified atom stereocenters. The Balaban J connectivity index is 1.69. The number of aromatic nitrogens is 1. The molecule has 0 aliphatic carbocycles. The molecule has 1 saturated heterocycles. The summed E-state index contributed by atoms with van der Waals surface area (Å²) >= 11 is 1.27. The highest BCUT2D eigenvalue weighted by Crippen LogP contribution is 2.45. The number of Topliss-reactive ketones (excluding diaryl/α,β-unsaturated/α-hetero) is 1. The van der Waals surface area contributed by atoms with E-state index in [0.717, 1.165) is 4.70 Å². The summed E-state index contributed by atoms with van der Waals surface area (Å²) in [5.41, 5.74) is 1.63. The SMILES string of the molecule is CCOc1ccc2nc(N3C(=O)C(=O)/C(=C(/O)c4ccc(OC)cc4)[C@H]3c3cccc(OC)c3)sc2c1. The second-order valence-electron chi connectivity index (χ2n) is 8.23. The minimum Gasteiger partial charge on any atom is -0.507 e. The maximum absolute atomic E-state index is 13.5. The van der Waals surface area contributed by atoms with E-state index < -0.39 is 17.7 Å². The van der Waals surface area contributed by atoms with E-state index >= 15 is 0 Å². The smallest absolute Gasteiger partial charge is 0.301 e. The number of thiazole rings is 1. The van der Waals surface area contributed by atoms with Gasteiger partial charge in [0.15, 0.2) is 5.13 Å². The van der Waals surface area contributed by atoms with E-state index in [0.29, 0.717) is 45.6 Å². The zero-order valence-corrected chi connectivity index (χ0v) is 21.2. The summed E-state index contributed by atoms with van der Waals surface area (Å²) in [6.45, 7) is 2.42. The molecule has 9 heteroatoms. The van der Waals surface area contributed by atoms with Crippen molar-refractivity contribution in [2.45, 2.75) is 13.0 Å². The summed E-state index contributed by atoms with van der Waals surface area (Å²) in [7, 11) is 3.08. The second-order valence-corrected chi connectivity index (χ2v) is 9.24. The molecule has 2 heterocycles. The standard InChI is InChI=1S/C28H24N2O6S/c1-4-36-20-12-13-21-22(15-20)37-28(29-21)30-24(17-6-5-7-19(14-17)35-3)23(26(32)27(30)33)25(31)16-8-10-18(34-2)11-9-16/h5-15,24,31H,4H2,1-3H3/b25-23+/t24-/m1/s1. The van der Waals surface area contributed by atoms with Gasteiger partial charge < -0.3 is 19.3 Å². The van der Waals surface area contributed by atoms with E-state index in [1.165, 1.54) is 23.3 Å². The second kappa shape index (κ2) is 9.94. The van der Waals surface area contributed by atoms with E-state index in [2.05, 4.69) is 4.98 Å². The number of aliphatic hydroxyl groups excluding tert-OH is 1. The van der Waals surface area contributed by atoms with Crippen LogP contribution in [0, 0.1) is 0 Å². The van der Waals surface area contributed by atoms with Gasteiger partial charge in [0.25, 0.3) is 5.78 Å². The monoisotopic (exact) mass is 516 g/mol. The molecular formula is C28H24N2O6S. The highest BCUT2D eigenvalue weighted by molar-refractivity contribution is 7.22. The Morgan fingerprint density at radius 1 is 0.973 bits per heavy atom. The van der Waals surface area contributed by atoms with Gasteiger partial charge in [-0.1, -0.05) is 23.5 Å². The van der Waals surface area contributed by atoms with E-state index in [-0.39, 0.29) is 11.3 Å². The first-order chi connectivity index (χ1) is 17.9. The number of amides is 1. The van der Waals surface area contributed by atoms with Crippen molar-refractivity contribution in [3.63, 3.8) is 0 Å². The summed E-state index contributed by atoms with van der Waals surface area (Å²) in [4.78, 5) is 32.9. The Morgan fingerprint density at radius 2 is 1.70 bits per heavy atom. The fourth-order valence-electron chi connectivity index (χ4n) is 4.31. The Labute approximate surface area is 217 Å². The van der Waals surface area contributed by atoms with Crippen LogP contribution in [0.5, 0.6) is 17.2 Å². The number of aliphatic hydroxyl groups is 1. The predicted octanol–water partition coefficient (Wildman–Crippen LogP) is 5.34. The lowest BCUT2D eigenvalue weighted by Gasteiger charge is -2.23. The Bertz CT molecular complexity index is 1530. The molecule has 37 heavy (non-hydrogen) atoms. The van der Waals surface area contributed by atoms with Crippen molar-refractivity contribution < 1.29 is 28.9 Å². The Kier molecular flexibility index (Phi) is 6.54. The zero-order chi connectivity index (χ0) is 26.1. The first-order valence-corrected chi connectivity index (χ1v) is 12.4. The largest absolute Gasteiger partial charge is 0.507 e. The summed E-state index contributed by atoms with van der Waals surface area (Å²) in [5, 5.41) is 11.6. The van der Waals surface area contributed by atoms with Gasteiger partial charge in [-0.3, -0.25) is 14.5 Å². The molecular weight excluding hydrogens is 492 g/mol. The van der Waals surface area contributed by atoms with Gasteiger partial charge in [-0.15, -0.1) is 0 Å². The molecule has 0 saturated carbocycles. The summed E-state index contributed by atoms with van der Waals surface area (Å²) < 4.78 is 17.0. The number of rotatable bonds is 7. The normalized spacial score (nSPS) is 16.8. The number of ether oxygens (including phenoxy) is 3. The molecule has 1 atom stereocenters. The van der Waals surface area contributed by atoms with Gasteiger partial charge in [-0.2, -0.15) is 0 Å². The Morgan fingerprint density at radius 3 is 2.41 bits per heavy atom. The fourth-order valence-corrected chi connectivity index (χ4v) is 5.33. The molecule has 188 valence electrons. The van der Waals surface area contributed by atoms with Crippen LogP contribution in [0.4, 0.5) is 5.13 Å². The number of hydrogen-bond donors (Lipinski definition) is 1. The number of hydrogen-bond acceptors (Lipinski definition) is 8. The average Bonchev–Trinajstić information content (AvgIpc) is 3.46. The lowest BCUT2D eigenvalue weighted by atomic mass is 9.95. The molecule has 4 aromatic rings. The number of anilines is 1. The quantitative estimate of drug-likeness (QED) is 0.201. The van der Waals surface area contributed by atoms with Crippen molar-refractivity contribution in [2.75, 3.05) is 25.7 Å². The highest BCUT2D eigenvalue weighted by Gasteiger charge is 2.48. The third-order valence-electron chi connectivity index (χ3n) is 6.08. The molecule has 1 aliphatic rings. The van der Waals surface area contributed by atoms with E-state index in [1.807, 2.05) is 25.1 Å². The topological polar surface area (TPSA) is 98.2 Å². The van der Waals surface area contributed by atoms with Gasteiger partial charge in [0.1, 0.15) is 23.0 Å². The third kappa shape index (κ3) is 4.38. The maximum atomic E-state index is 13.5. The van der Waals surface area contributed by atoms with Gasteiger partial charge >= 0.3 is 5.91 Å². The van der Waals surface area contributed by atoms with Crippen LogP contribution in [0.1, 0.15) is 24.1 Å². The molecule has 0 spiro atoms. The van der Waals surface area contributed by atoms with E-state index in [9.17, 15) is 14.7 Å². The molecule has 1 aliphatic heterocycles. The molecule has 1 N–H and O–H groups in total. The molecule has 1 aromatic heterocycles. The van der Waals surface area contributed by atoms with Gasteiger partial charge in [0.05, 0.1) is 42.7 Å². The number of ketones is 1. The van der Waals surface area contributed by atoms with Crippen molar-refractivity contribution in [2.24, 2.45) is 0 Å². The van der Waals surface area contributed by atoms with Crippen LogP contribution in [-0.2, 0) is 9.59 Å². The van der Waals surface area contributed by atoms with Crippen molar-refractivity contribution in [1.29, 1.82) is 0 Å². The molecule has 0 radical (unpaired) electrons. The first kappa shape index (κ1) is 24.3. The number of methoxy groups -OCH3 is 2. The Hall–Kier alpha value is -4.37. The summed E-state index contributed by atoms with van der Waals surface area (Å²) in [6, 6.07) is 18.3. The van der Waals surface area contributed by atoms with Gasteiger partial charge in [-0.25, -0.2) is 4.98 Å². The number of carbonyl (C=O) groups is 2. The first-order valence-electron chi connectivity index (χ1n) is 11.6. The van der Waals surface area contributed by atoms with Crippen LogP contribution in [0.2, 0.25) is 0 Å². The van der Waals surface area contributed by atoms with Crippen molar-refractivity contribution >= 4 is 44.1 Å². The van der Waals surface area contributed by atoms with Gasteiger partial charge in [0, 0.05) is 5.56 Å². The van der Waals surface area contributed by atoms with Crippen LogP contribution in [0.25, 0.3) is 16.0 Å². The summed E-state index contributed by atoms with van der Waals surface area (Å²) in [6.07, 6.45) is 0. The molecule has 3 aromatic carbocycles. The van der Waals surface area contributed by atoms with Gasteiger partial charge in [0.2, 0.25) is 0 Å². The lowest BCUT2D eigenvalue weighted by Crippen LogP contribution is -2.29. The van der Waals surface area contributed by atoms with Crippen molar-refractivity contribution in [3.05, 3.63) is 83.4 Å². The lowest BCUT2D eigenvalue weighted by molar-refractivity contribution is -0.132. The molecule has 8 nitrogen and oxygen atoms in total. The highest BCUT2D eigenvalue weighted by atomic mass is 32.1. The minimum atomic E-state index is -0.913. The van der Waals surface area contributed by atoms with Crippen LogP contribution in [0.15, 0.2) is 72.3 Å². The number of fused-ring (bicyclic) bond motifs is 1. The molecule has 1 fully saturated rings. The minimum absolute atomic E-state index is 0.0299. The fraction of sp³-hybridized carbons (Fsp3) is 0.179. The zero-order valence-electron chi connectivity index (χ0n) is 20.4. The van der Waals surface area contributed by atoms with Gasteiger partial charge in [-0.05, 0) is 67.1 Å². The third-order valence-corrected chi connectivity index (χ3v) is 7.10. The van der Waals surface area contributed by atoms with Crippen LogP contribution in [0.3, 0.4) is 0 Å². The molecule has 5 rings (SSSR count). The summed E-state index contributed by atoms with van der Waals surface area (Å²) in [5.74, 6) is -0.00465. The number of benzene rings is 3. The number of nitrogens with zero attached hydrogens (tertiary/aromatic N) is 2. The van der Waals surface area contributed by atoms with Crippen molar-refractivity contribution in [1.82, 2.24) is 4.98 Å².